The molecule has 4 rings (SSSR count). The van der Waals surface area contributed by atoms with Gasteiger partial charge in [-0.15, -0.1) is 0 Å². The zero-order chi connectivity index (χ0) is 22.0. The molecule has 158 valence electrons. The molecule has 3 aromatic rings. The second-order valence-electron chi connectivity index (χ2n) is 7.38. The van der Waals surface area contributed by atoms with E-state index in [2.05, 4.69) is 21.3 Å². The Hall–Kier alpha value is -4.13. The summed E-state index contributed by atoms with van der Waals surface area (Å²) in [7, 11) is 0. The van der Waals surface area contributed by atoms with Crippen LogP contribution in [0.3, 0.4) is 0 Å². The smallest absolute Gasteiger partial charge is 0.254 e. The first kappa shape index (κ1) is 20.2. The Morgan fingerprint density at radius 1 is 1.29 bits per heavy atom. The van der Waals surface area contributed by atoms with Crippen LogP contribution in [0.2, 0.25) is 0 Å². The molecule has 0 saturated carbocycles. The maximum Gasteiger partial charge on any atom is 0.254 e. The van der Waals surface area contributed by atoms with Crippen LogP contribution in [-0.4, -0.2) is 43.6 Å². The van der Waals surface area contributed by atoms with Gasteiger partial charge in [-0.1, -0.05) is 0 Å². The normalized spacial score (nSPS) is 16.0. The van der Waals surface area contributed by atoms with Crippen molar-refractivity contribution < 1.29 is 9.53 Å². The van der Waals surface area contributed by atoms with Crippen molar-refractivity contribution in [3.05, 3.63) is 47.9 Å². The van der Waals surface area contributed by atoms with Crippen molar-refractivity contribution in [3.8, 4) is 29.1 Å². The first-order chi connectivity index (χ1) is 15.0. The molecule has 10 nitrogen and oxygen atoms in total. The summed E-state index contributed by atoms with van der Waals surface area (Å²) in [6.45, 7) is 3.03. The summed E-state index contributed by atoms with van der Waals surface area (Å²) in [5.41, 5.74) is 13.9. The number of primary amides is 1. The molecule has 1 saturated heterocycles. The molecule has 31 heavy (non-hydrogen) atoms. The van der Waals surface area contributed by atoms with Gasteiger partial charge in [-0.2, -0.15) is 10.4 Å². The van der Waals surface area contributed by atoms with Gasteiger partial charge in [0, 0.05) is 18.3 Å². The summed E-state index contributed by atoms with van der Waals surface area (Å²) in [6, 6.07) is 6.94. The molecular formula is C21H22N8O2. The SMILES string of the molecule is Cc1cncc(Oc2ccc(-c3nn(C4CCCN(C#N)C4)c(N)c3C(N)=O)cc2)n1. The van der Waals surface area contributed by atoms with E-state index < -0.39 is 5.91 Å². The average Bonchev–Trinajstić information content (AvgIpc) is 3.12. The number of carbonyl (C=O) groups excluding carboxylic acids is 1. The van der Waals surface area contributed by atoms with Crippen molar-refractivity contribution >= 4 is 11.7 Å². The number of anilines is 1. The highest BCUT2D eigenvalue weighted by Crippen LogP contribution is 2.33. The standard InChI is InChI=1S/C21H22N8O2/c1-13-9-25-10-17(26-13)31-16-6-4-14(5-7-16)19-18(21(24)30)20(23)29(27-19)15-3-2-8-28(11-15)12-22/h4-7,9-10,15H,2-3,8,11,23H2,1H3,(H2,24,30). The molecular weight excluding hydrogens is 396 g/mol. The summed E-state index contributed by atoms with van der Waals surface area (Å²) in [5, 5.41) is 13.8. The van der Waals surface area contributed by atoms with Crippen LogP contribution in [0.1, 0.15) is 34.9 Å². The lowest BCUT2D eigenvalue weighted by molar-refractivity contribution is 0.100. The quantitative estimate of drug-likeness (QED) is 0.599. The van der Waals surface area contributed by atoms with Gasteiger partial charge in [0.15, 0.2) is 6.19 Å². The van der Waals surface area contributed by atoms with E-state index in [9.17, 15) is 10.1 Å². The number of rotatable bonds is 5. The first-order valence-corrected chi connectivity index (χ1v) is 9.85. The number of likely N-dealkylation sites (tertiary alicyclic amines) is 1. The predicted octanol–water partition coefficient (Wildman–Crippen LogP) is 2.24. The number of piperidine rings is 1. The fourth-order valence-corrected chi connectivity index (χ4v) is 3.71. The lowest BCUT2D eigenvalue weighted by Crippen LogP contribution is -2.34. The van der Waals surface area contributed by atoms with E-state index in [4.69, 9.17) is 16.2 Å². The van der Waals surface area contributed by atoms with Crippen molar-refractivity contribution in [2.24, 2.45) is 5.73 Å². The minimum atomic E-state index is -0.651. The second-order valence-corrected chi connectivity index (χ2v) is 7.38. The van der Waals surface area contributed by atoms with Gasteiger partial charge in [0.1, 0.15) is 22.8 Å². The summed E-state index contributed by atoms with van der Waals surface area (Å²) >= 11 is 0. The van der Waals surface area contributed by atoms with Crippen LogP contribution in [-0.2, 0) is 0 Å². The van der Waals surface area contributed by atoms with Gasteiger partial charge in [-0.3, -0.25) is 9.78 Å². The van der Waals surface area contributed by atoms with Crippen LogP contribution >= 0.6 is 0 Å². The van der Waals surface area contributed by atoms with Crippen LogP contribution in [0, 0.1) is 18.4 Å². The van der Waals surface area contributed by atoms with E-state index in [1.54, 1.807) is 40.0 Å². The molecule has 1 unspecified atom stereocenters. The number of nitrogens with zero attached hydrogens (tertiary/aromatic N) is 6. The van der Waals surface area contributed by atoms with Crippen molar-refractivity contribution in [2.75, 3.05) is 18.8 Å². The van der Waals surface area contributed by atoms with Crippen molar-refractivity contribution in [1.82, 2.24) is 24.6 Å². The fraction of sp³-hybridized carbons (Fsp3) is 0.286. The highest BCUT2D eigenvalue weighted by molar-refractivity contribution is 6.03. The number of hydrogen-bond acceptors (Lipinski definition) is 8. The molecule has 10 heteroatoms. The van der Waals surface area contributed by atoms with Gasteiger partial charge in [0.25, 0.3) is 5.91 Å². The van der Waals surface area contributed by atoms with Gasteiger partial charge in [0.2, 0.25) is 5.88 Å². The minimum Gasteiger partial charge on any atom is -0.437 e. The number of nitrogens with two attached hydrogens (primary N) is 2. The Kier molecular flexibility index (Phi) is 5.41. The van der Waals surface area contributed by atoms with Crippen molar-refractivity contribution in [3.63, 3.8) is 0 Å². The topological polar surface area (TPSA) is 149 Å². The molecule has 3 heterocycles. The first-order valence-electron chi connectivity index (χ1n) is 9.85. The van der Waals surface area contributed by atoms with Crippen LogP contribution < -0.4 is 16.2 Å². The highest BCUT2D eigenvalue weighted by atomic mass is 16.5. The van der Waals surface area contributed by atoms with Crippen LogP contribution in [0.15, 0.2) is 36.7 Å². The number of nitriles is 1. The van der Waals surface area contributed by atoms with Crippen LogP contribution in [0.4, 0.5) is 5.82 Å². The molecule has 0 radical (unpaired) electrons. The number of benzene rings is 1. The average molecular weight is 418 g/mol. The van der Waals surface area contributed by atoms with Crippen molar-refractivity contribution in [2.45, 2.75) is 25.8 Å². The number of aromatic nitrogens is 4. The number of carbonyl (C=O) groups is 1. The summed E-state index contributed by atoms with van der Waals surface area (Å²) in [5.74, 6) is 0.511. The highest BCUT2D eigenvalue weighted by Gasteiger charge is 2.28. The van der Waals surface area contributed by atoms with E-state index in [0.29, 0.717) is 36.0 Å². The number of aryl methyl sites for hydroxylation is 1. The zero-order valence-corrected chi connectivity index (χ0v) is 17.0. The lowest BCUT2D eigenvalue weighted by atomic mass is 10.1. The van der Waals surface area contributed by atoms with Gasteiger partial charge in [-0.25, -0.2) is 9.67 Å². The minimum absolute atomic E-state index is 0.109. The maximum absolute atomic E-state index is 12.2. The largest absolute Gasteiger partial charge is 0.437 e. The van der Waals surface area contributed by atoms with E-state index in [1.165, 1.54) is 6.20 Å². The number of nitrogen functional groups attached to an aromatic ring is 1. The zero-order valence-electron chi connectivity index (χ0n) is 17.0. The van der Waals surface area contributed by atoms with E-state index >= 15 is 0 Å². The molecule has 4 N–H and O–H groups in total. The second kappa shape index (κ2) is 8.31. The van der Waals surface area contributed by atoms with Gasteiger partial charge < -0.3 is 21.1 Å². The fourth-order valence-electron chi connectivity index (χ4n) is 3.71. The molecule has 1 amide bonds. The summed E-state index contributed by atoms with van der Waals surface area (Å²) in [6.07, 6.45) is 6.99. The lowest BCUT2D eigenvalue weighted by Gasteiger charge is -2.29. The van der Waals surface area contributed by atoms with Crippen LogP contribution in [0.5, 0.6) is 11.6 Å². The van der Waals surface area contributed by atoms with Gasteiger partial charge >= 0.3 is 0 Å². The monoisotopic (exact) mass is 418 g/mol. The van der Waals surface area contributed by atoms with Crippen molar-refractivity contribution in [1.29, 1.82) is 5.26 Å². The Bertz CT molecular complexity index is 1150. The number of hydrogen-bond donors (Lipinski definition) is 2. The summed E-state index contributed by atoms with van der Waals surface area (Å²) in [4.78, 5) is 22.1. The Morgan fingerprint density at radius 2 is 2.06 bits per heavy atom. The Balaban J connectivity index is 1.64. The molecule has 0 aliphatic carbocycles. The number of ether oxygens (including phenoxy) is 1. The molecule has 1 atom stereocenters. The Morgan fingerprint density at radius 3 is 2.74 bits per heavy atom. The molecule has 1 fully saturated rings. The predicted molar refractivity (Wildman–Crippen MR) is 113 cm³/mol. The molecule has 0 spiro atoms. The number of amides is 1. The molecule has 0 bridgehead atoms. The van der Waals surface area contributed by atoms with E-state index in [-0.39, 0.29) is 17.4 Å². The molecule has 1 aliphatic heterocycles. The molecule has 1 aliphatic rings. The third kappa shape index (κ3) is 4.11. The maximum atomic E-state index is 12.2. The van der Waals surface area contributed by atoms with Gasteiger partial charge in [0.05, 0.1) is 24.5 Å². The van der Waals surface area contributed by atoms with E-state index in [1.807, 2.05) is 6.92 Å². The Labute approximate surface area is 179 Å². The molecule has 1 aromatic carbocycles. The van der Waals surface area contributed by atoms with E-state index in [0.717, 1.165) is 18.5 Å². The third-order valence-corrected chi connectivity index (χ3v) is 5.16. The summed E-state index contributed by atoms with van der Waals surface area (Å²) < 4.78 is 7.34. The molecule has 2 aromatic heterocycles. The third-order valence-electron chi connectivity index (χ3n) is 5.16. The van der Waals surface area contributed by atoms with Gasteiger partial charge in [-0.05, 0) is 44.0 Å². The van der Waals surface area contributed by atoms with Crippen LogP contribution in [0.25, 0.3) is 11.3 Å².